The van der Waals surface area contributed by atoms with Gasteiger partial charge >= 0.3 is 5.97 Å². The van der Waals surface area contributed by atoms with Crippen LogP contribution in [0, 0.1) is 13.8 Å². The van der Waals surface area contributed by atoms with Gasteiger partial charge in [0.05, 0.1) is 0 Å². The lowest BCUT2D eigenvalue weighted by Gasteiger charge is -2.10. The Balaban J connectivity index is 2.09. The minimum atomic E-state index is -0.890. The van der Waals surface area contributed by atoms with E-state index in [0.717, 1.165) is 21.8 Å². The number of ether oxygens (including phenoxy) is 1. The predicted octanol–water partition coefficient (Wildman–Crippen LogP) is 3.64. The molecule has 0 saturated carbocycles. The maximum atomic E-state index is 10.8. The van der Waals surface area contributed by atoms with Crippen molar-refractivity contribution in [2.45, 2.75) is 20.5 Å². The molecule has 2 aromatic rings. The van der Waals surface area contributed by atoms with Gasteiger partial charge in [-0.2, -0.15) is 0 Å². The average molecular weight is 262 g/mol. The van der Waals surface area contributed by atoms with Gasteiger partial charge in [-0.15, -0.1) is 11.3 Å². The van der Waals surface area contributed by atoms with Gasteiger partial charge in [-0.05, 0) is 37.1 Å². The molecular formula is C14H14O3S. The zero-order valence-corrected chi connectivity index (χ0v) is 11.1. The molecule has 0 spiro atoms. The molecule has 0 fully saturated rings. The molecule has 0 aliphatic carbocycles. The summed E-state index contributed by atoms with van der Waals surface area (Å²) in [5.74, 6) is -0.0129. The van der Waals surface area contributed by atoms with Gasteiger partial charge in [-0.3, -0.25) is 0 Å². The molecular weight excluding hydrogens is 248 g/mol. The quantitative estimate of drug-likeness (QED) is 0.915. The van der Waals surface area contributed by atoms with Gasteiger partial charge < -0.3 is 9.84 Å². The van der Waals surface area contributed by atoms with Crippen LogP contribution in [0.3, 0.4) is 0 Å². The summed E-state index contributed by atoms with van der Waals surface area (Å²) in [7, 11) is 0. The van der Waals surface area contributed by atoms with Crippen molar-refractivity contribution in [3.05, 3.63) is 51.2 Å². The SMILES string of the molecule is Cc1cccc(C)c1OCc1ccc(C(=O)O)s1. The van der Waals surface area contributed by atoms with Gasteiger partial charge in [0.1, 0.15) is 17.2 Å². The van der Waals surface area contributed by atoms with Gasteiger partial charge in [0.15, 0.2) is 0 Å². The van der Waals surface area contributed by atoms with Crippen LogP contribution in [-0.4, -0.2) is 11.1 Å². The van der Waals surface area contributed by atoms with Crippen LogP contribution >= 0.6 is 11.3 Å². The number of benzene rings is 1. The molecule has 1 heterocycles. The van der Waals surface area contributed by atoms with Crippen LogP contribution < -0.4 is 4.74 Å². The molecule has 18 heavy (non-hydrogen) atoms. The van der Waals surface area contributed by atoms with Crippen molar-refractivity contribution in [2.75, 3.05) is 0 Å². The lowest BCUT2D eigenvalue weighted by molar-refractivity contribution is 0.0702. The minimum Gasteiger partial charge on any atom is -0.488 e. The summed E-state index contributed by atoms with van der Waals surface area (Å²) in [5, 5.41) is 8.84. The number of carbonyl (C=O) groups is 1. The van der Waals surface area contributed by atoms with Gasteiger partial charge in [0.25, 0.3) is 0 Å². The van der Waals surface area contributed by atoms with E-state index in [1.807, 2.05) is 32.0 Å². The first kappa shape index (κ1) is 12.6. The second-order valence-electron chi connectivity index (χ2n) is 4.08. The molecule has 94 valence electrons. The highest BCUT2D eigenvalue weighted by Gasteiger charge is 2.08. The third kappa shape index (κ3) is 2.71. The third-order valence-electron chi connectivity index (χ3n) is 2.64. The highest BCUT2D eigenvalue weighted by molar-refractivity contribution is 7.13. The van der Waals surface area contributed by atoms with Crippen LogP contribution in [-0.2, 0) is 6.61 Å². The molecule has 4 heteroatoms. The number of hydrogen-bond donors (Lipinski definition) is 1. The zero-order valence-electron chi connectivity index (χ0n) is 10.3. The average Bonchev–Trinajstić information content (AvgIpc) is 2.77. The third-order valence-corrected chi connectivity index (χ3v) is 3.69. The lowest BCUT2D eigenvalue weighted by Crippen LogP contribution is -1.97. The number of hydrogen-bond acceptors (Lipinski definition) is 3. The van der Waals surface area contributed by atoms with E-state index in [0.29, 0.717) is 11.5 Å². The predicted molar refractivity (Wildman–Crippen MR) is 71.5 cm³/mol. The van der Waals surface area contributed by atoms with Crippen molar-refractivity contribution in [2.24, 2.45) is 0 Å². The number of carboxylic acid groups (broad SMARTS) is 1. The van der Waals surface area contributed by atoms with Crippen molar-refractivity contribution in [3.8, 4) is 5.75 Å². The molecule has 0 radical (unpaired) electrons. The maximum absolute atomic E-state index is 10.8. The Bertz CT molecular complexity index is 552. The Morgan fingerprint density at radius 2 is 1.89 bits per heavy atom. The van der Waals surface area contributed by atoms with E-state index in [1.165, 1.54) is 11.3 Å². The topological polar surface area (TPSA) is 46.5 Å². The first-order valence-corrected chi connectivity index (χ1v) is 6.40. The summed E-state index contributed by atoms with van der Waals surface area (Å²) >= 11 is 1.25. The number of aromatic carboxylic acids is 1. The fourth-order valence-electron chi connectivity index (χ4n) is 1.74. The summed E-state index contributed by atoms with van der Waals surface area (Å²) in [4.78, 5) is 12.0. The molecule has 1 aromatic carbocycles. The molecule has 0 saturated heterocycles. The van der Waals surface area contributed by atoms with Crippen LogP contribution in [0.2, 0.25) is 0 Å². The molecule has 3 nitrogen and oxygen atoms in total. The number of carboxylic acids is 1. The summed E-state index contributed by atoms with van der Waals surface area (Å²) in [5.41, 5.74) is 2.18. The van der Waals surface area contributed by atoms with Gasteiger partial charge in [-0.25, -0.2) is 4.79 Å². The fourth-order valence-corrected chi connectivity index (χ4v) is 2.50. The lowest BCUT2D eigenvalue weighted by atomic mass is 10.1. The first-order chi connectivity index (χ1) is 8.58. The molecule has 0 bridgehead atoms. The number of rotatable bonds is 4. The minimum absolute atomic E-state index is 0.343. The van der Waals surface area contributed by atoms with Crippen LogP contribution in [0.25, 0.3) is 0 Å². The van der Waals surface area contributed by atoms with Crippen LogP contribution in [0.15, 0.2) is 30.3 Å². The normalized spacial score (nSPS) is 10.3. The number of thiophene rings is 1. The highest BCUT2D eigenvalue weighted by atomic mass is 32.1. The smallest absolute Gasteiger partial charge is 0.345 e. The van der Waals surface area contributed by atoms with Gasteiger partial charge in [0.2, 0.25) is 0 Å². The Hall–Kier alpha value is -1.81. The number of para-hydroxylation sites is 1. The summed E-state index contributed by atoms with van der Waals surface area (Å²) in [6, 6.07) is 9.39. The van der Waals surface area contributed by atoms with Gasteiger partial charge in [-0.1, -0.05) is 18.2 Å². The molecule has 0 amide bonds. The molecule has 1 aromatic heterocycles. The number of aryl methyl sites for hydroxylation is 2. The standard InChI is InChI=1S/C14H14O3S/c1-9-4-3-5-10(2)13(9)17-8-11-6-7-12(18-11)14(15)16/h3-7H,8H2,1-2H3,(H,15,16). The van der Waals surface area contributed by atoms with E-state index >= 15 is 0 Å². The monoisotopic (exact) mass is 262 g/mol. The Kier molecular flexibility index (Phi) is 3.67. The Morgan fingerprint density at radius 3 is 2.44 bits per heavy atom. The molecule has 0 atom stereocenters. The maximum Gasteiger partial charge on any atom is 0.345 e. The second kappa shape index (κ2) is 5.23. The van der Waals surface area contributed by atoms with Crippen LogP contribution in [0.1, 0.15) is 25.7 Å². The van der Waals surface area contributed by atoms with E-state index in [9.17, 15) is 4.79 Å². The van der Waals surface area contributed by atoms with E-state index < -0.39 is 5.97 Å². The van der Waals surface area contributed by atoms with Gasteiger partial charge in [0, 0.05) is 4.88 Å². The molecule has 1 N–H and O–H groups in total. The van der Waals surface area contributed by atoms with Crippen molar-refractivity contribution < 1.29 is 14.6 Å². The summed E-state index contributed by atoms with van der Waals surface area (Å²) in [6.45, 7) is 4.41. The fraction of sp³-hybridized carbons (Fsp3) is 0.214. The van der Waals surface area contributed by atoms with Crippen LogP contribution in [0.4, 0.5) is 0 Å². The van der Waals surface area contributed by atoms with Crippen molar-refractivity contribution >= 4 is 17.3 Å². The largest absolute Gasteiger partial charge is 0.488 e. The van der Waals surface area contributed by atoms with Crippen molar-refractivity contribution in [1.29, 1.82) is 0 Å². The second-order valence-corrected chi connectivity index (χ2v) is 5.25. The van der Waals surface area contributed by atoms with E-state index in [1.54, 1.807) is 12.1 Å². The van der Waals surface area contributed by atoms with Crippen molar-refractivity contribution in [1.82, 2.24) is 0 Å². The van der Waals surface area contributed by atoms with Crippen molar-refractivity contribution in [3.63, 3.8) is 0 Å². The van der Waals surface area contributed by atoms with E-state index in [-0.39, 0.29) is 0 Å². The molecule has 0 aliphatic heterocycles. The summed E-state index contributed by atoms with van der Waals surface area (Å²) in [6.07, 6.45) is 0. The first-order valence-electron chi connectivity index (χ1n) is 5.59. The zero-order chi connectivity index (χ0) is 13.1. The van der Waals surface area contributed by atoms with Crippen LogP contribution in [0.5, 0.6) is 5.75 Å². The highest BCUT2D eigenvalue weighted by Crippen LogP contribution is 2.25. The molecule has 0 aliphatic rings. The van der Waals surface area contributed by atoms with E-state index in [2.05, 4.69) is 0 Å². The summed E-state index contributed by atoms with van der Waals surface area (Å²) < 4.78 is 5.76. The van der Waals surface area contributed by atoms with E-state index in [4.69, 9.17) is 9.84 Å². The Labute approximate surface area is 110 Å². The molecule has 2 rings (SSSR count). The Morgan fingerprint density at radius 1 is 1.22 bits per heavy atom. The molecule has 0 unspecified atom stereocenters.